The lowest BCUT2D eigenvalue weighted by molar-refractivity contribution is 1.69. The maximum Gasteiger partial charge on any atom is 0.0875 e. The molecule has 0 saturated carbocycles. The first kappa shape index (κ1) is 16.5. The SMILES string of the molecule is C[Si](C)(C)c1ccc([SiH2]c2ccc([Si](C)(C)C)cc2)cc1. The Bertz CT molecular complexity index is 529. The molecule has 0 heterocycles. The zero-order valence-corrected chi connectivity index (χ0v) is 17.7. The van der Waals surface area contributed by atoms with Crippen LogP contribution in [0.5, 0.6) is 0 Å². The van der Waals surface area contributed by atoms with Gasteiger partial charge in [0.05, 0.1) is 25.7 Å². The molecule has 112 valence electrons. The first-order valence-electron chi connectivity index (χ1n) is 7.85. The van der Waals surface area contributed by atoms with Crippen LogP contribution in [0.25, 0.3) is 0 Å². The molecular weight excluding hydrogens is 300 g/mol. The molecule has 0 aliphatic heterocycles. The number of rotatable bonds is 4. The quantitative estimate of drug-likeness (QED) is 0.752. The Kier molecular flexibility index (Phi) is 4.76. The van der Waals surface area contributed by atoms with Crippen molar-refractivity contribution in [1.29, 1.82) is 0 Å². The highest BCUT2D eigenvalue weighted by Crippen LogP contribution is 2.01. The average Bonchev–Trinajstić information content (AvgIpc) is 2.38. The van der Waals surface area contributed by atoms with Gasteiger partial charge in [0.25, 0.3) is 0 Å². The van der Waals surface area contributed by atoms with Crippen molar-refractivity contribution < 1.29 is 0 Å². The molecule has 0 atom stereocenters. The van der Waals surface area contributed by atoms with Crippen LogP contribution in [-0.4, -0.2) is 25.7 Å². The summed E-state index contributed by atoms with van der Waals surface area (Å²) in [5.41, 5.74) is 0. The summed E-state index contributed by atoms with van der Waals surface area (Å²) in [5.74, 6) is 0. The molecule has 0 fully saturated rings. The molecular formula is C18H28Si3. The predicted molar refractivity (Wildman–Crippen MR) is 107 cm³/mol. The second-order valence-corrected chi connectivity index (χ2v) is 20.2. The first-order chi connectivity index (χ1) is 9.66. The maximum absolute atomic E-state index is 2.41. The van der Waals surface area contributed by atoms with Crippen LogP contribution in [-0.2, 0) is 0 Å². The standard InChI is InChI=1S/C18H28Si3/c1-20(2,3)17-11-7-15(8-12-17)19-16-9-13-18(14-10-16)21(4,5)6/h7-14H,19H2,1-6H3. The van der Waals surface area contributed by atoms with Crippen molar-refractivity contribution in [3.63, 3.8) is 0 Å². The number of benzene rings is 2. The Morgan fingerprint density at radius 2 is 0.810 bits per heavy atom. The predicted octanol–water partition coefficient (Wildman–Crippen LogP) is 1.90. The summed E-state index contributed by atoms with van der Waals surface area (Å²) in [6, 6.07) is 18.9. The van der Waals surface area contributed by atoms with Gasteiger partial charge in [0.15, 0.2) is 0 Å². The molecule has 0 saturated heterocycles. The normalized spacial score (nSPS) is 12.5. The lowest BCUT2D eigenvalue weighted by Gasteiger charge is -2.17. The summed E-state index contributed by atoms with van der Waals surface area (Å²) >= 11 is 0. The molecule has 0 aromatic heterocycles. The largest absolute Gasteiger partial charge is 0.0875 e. The van der Waals surface area contributed by atoms with E-state index >= 15 is 0 Å². The van der Waals surface area contributed by atoms with Gasteiger partial charge in [0.2, 0.25) is 0 Å². The second kappa shape index (κ2) is 6.07. The Morgan fingerprint density at radius 1 is 0.524 bits per heavy atom. The lowest BCUT2D eigenvalue weighted by atomic mass is 10.3. The fourth-order valence-electron chi connectivity index (χ4n) is 2.48. The summed E-state index contributed by atoms with van der Waals surface area (Å²) in [6.07, 6.45) is 0. The average molecular weight is 329 g/mol. The molecule has 0 amide bonds. The van der Waals surface area contributed by atoms with Gasteiger partial charge in [-0.15, -0.1) is 0 Å². The van der Waals surface area contributed by atoms with Gasteiger partial charge >= 0.3 is 0 Å². The third kappa shape index (κ3) is 4.53. The highest BCUT2D eigenvalue weighted by atomic mass is 28.3. The first-order valence-corrected chi connectivity index (χ1v) is 16.3. The topological polar surface area (TPSA) is 0 Å². The highest BCUT2D eigenvalue weighted by Gasteiger charge is 2.16. The Labute approximate surface area is 134 Å². The molecule has 2 aromatic carbocycles. The smallest absolute Gasteiger partial charge is 0.0656 e. The molecule has 2 rings (SSSR count). The van der Waals surface area contributed by atoms with Crippen LogP contribution in [0.15, 0.2) is 48.5 Å². The molecule has 0 spiro atoms. The molecule has 0 N–H and O–H groups in total. The van der Waals surface area contributed by atoms with E-state index in [1.54, 1.807) is 20.7 Å². The van der Waals surface area contributed by atoms with Crippen LogP contribution in [0, 0.1) is 0 Å². The second-order valence-electron chi connectivity index (χ2n) is 8.07. The van der Waals surface area contributed by atoms with E-state index in [-0.39, 0.29) is 9.52 Å². The van der Waals surface area contributed by atoms with Crippen molar-refractivity contribution in [2.45, 2.75) is 39.3 Å². The number of hydrogen-bond donors (Lipinski definition) is 0. The minimum Gasteiger partial charge on any atom is -0.0656 e. The number of hydrogen-bond acceptors (Lipinski definition) is 0. The van der Waals surface area contributed by atoms with Crippen molar-refractivity contribution in [3.05, 3.63) is 48.5 Å². The van der Waals surface area contributed by atoms with Crippen molar-refractivity contribution in [2.75, 3.05) is 0 Å². The van der Waals surface area contributed by atoms with Crippen molar-refractivity contribution in [1.82, 2.24) is 0 Å². The van der Waals surface area contributed by atoms with E-state index in [4.69, 9.17) is 0 Å². The van der Waals surface area contributed by atoms with Gasteiger partial charge in [-0.1, -0.05) is 109 Å². The Balaban J connectivity index is 2.12. The molecule has 0 unspecified atom stereocenters. The van der Waals surface area contributed by atoms with Crippen molar-refractivity contribution in [3.8, 4) is 0 Å². The molecule has 2 aromatic rings. The molecule has 21 heavy (non-hydrogen) atoms. The molecule has 0 nitrogen and oxygen atoms in total. The Hall–Kier alpha value is -0.909. The molecule has 0 bridgehead atoms. The van der Waals surface area contributed by atoms with E-state index < -0.39 is 16.1 Å². The van der Waals surface area contributed by atoms with E-state index in [9.17, 15) is 0 Å². The fraction of sp³-hybridized carbons (Fsp3) is 0.333. The van der Waals surface area contributed by atoms with Crippen LogP contribution in [0.4, 0.5) is 0 Å². The van der Waals surface area contributed by atoms with Gasteiger partial charge < -0.3 is 0 Å². The van der Waals surface area contributed by atoms with Gasteiger partial charge in [-0.25, -0.2) is 0 Å². The highest BCUT2D eigenvalue weighted by molar-refractivity contribution is 6.89. The molecule has 0 aliphatic carbocycles. The van der Waals surface area contributed by atoms with Gasteiger partial charge in [0, 0.05) is 0 Å². The summed E-state index contributed by atoms with van der Waals surface area (Å²) in [7, 11) is -2.64. The van der Waals surface area contributed by atoms with Gasteiger partial charge in [-0.3, -0.25) is 0 Å². The van der Waals surface area contributed by atoms with E-state index in [0.29, 0.717) is 0 Å². The summed E-state index contributed by atoms with van der Waals surface area (Å²) in [4.78, 5) is 0. The zero-order chi connectivity index (χ0) is 15.7. The van der Waals surface area contributed by atoms with Crippen molar-refractivity contribution in [2.24, 2.45) is 0 Å². The van der Waals surface area contributed by atoms with E-state index in [2.05, 4.69) is 87.8 Å². The van der Waals surface area contributed by atoms with Gasteiger partial charge in [-0.2, -0.15) is 0 Å². The van der Waals surface area contributed by atoms with E-state index in [1.807, 2.05) is 0 Å². The maximum atomic E-state index is 2.41. The minimum atomic E-state index is -1.16. The Morgan fingerprint density at radius 3 is 1.05 bits per heavy atom. The zero-order valence-electron chi connectivity index (χ0n) is 14.3. The van der Waals surface area contributed by atoms with Crippen molar-refractivity contribution >= 4 is 46.4 Å². The third-order valence-electron chi connectivity index (χ3n) is 4.05. The molecule has 3 heteroatoms. The van der Waals surface area contributed by atoms with Gasteiger partial charge in [0.1, 0.15) is 0 Å². The summed E-state index contributed by atoms with van der Waals surface area (Å²) in [6.45, 7) is 14.5. The van der Waals surface area contributed by atoms with E-state index in [0.717, 1.165) is 0 Å². The van der Waals surface area contributed by atoms with Crippen LogP contribution in [0.2, 0.25) is 39.3 Å². The third-order valence-corrected chi connectivity index (χ3v) is 9.94. The lowest BCUT2D eigenvalue weighted by Crippen LogP contribution is -2.40. The van der Waals surface area contributed by atoms with Crippen LogP contribution in [0.3, 0.4) is 0 Å². The van der Waals surface area contributed by atoms with Gasteiger partial charge in [-0.05, 0) is 0 Å². The monoisotopic (exact) mass is 328 g/mol. The summed E-state index contributed by atoms with van der Waals surface area (Å²) < 4.78 is 0. The van der Waals surface area contributed by atoms with Crippen LogP contribution < -0.4 is 20.7 Å². The van der Waals surface area contributed by atoms with Crippen LogP contribution in [0.1, 0.15) is 0 Å². The van der Waals surface area contributed by atoms with Crippen LogP contribution >= 0.6 is 0 Å². The fourth-order valence-corrected chi connectivity index (χ4v) is 6.23. The minimum absolute atomic E-state index is 0.323. The summed E-state index contributed by atoms with van der Waals surface area (Å²) in [5, 5.41) is 6.24. The van der Waals surface area contributed by atoms with E-state index in [1.165, 1.54) is 0 Å². The molecule has 0 aliphatic rings. The molecule has 0 radical (unpaired) electrons.